The van der Waals surface area contributed by atoms with E-state index >= 15 is 0 Å². The van der Waals surface area contributed by atoms with Crippen LogP contribution in [0.1, 0.15) is 16.7 Å². The molecule has 0 radical (unpaired) electrons. The maximum atomic E-state index is 13.1. The maximum Gasteiger partial charge on any atom is 0.244 e. The standard InChI is InChI=1S/C18H24N4O3S/c1-14-11-15(2)18(16(3)12-14)26(24,25)22-9-7-20(8-10-22)17(23)13-21-6-4-5-19-21/h4-6,11-12H,7-10,13H2,1-3H3. The van der Waals surface area contributed by atoms with Crippen LogP contribution in [0, 0.1) is 20.8 Å². The number of carbonyl (C=O) groups excluding carboxylic acids is 1. The molecule has 8 heteroatoms. The molecule has 1 fully saturated rings. The summed E-state index contributed by atoms with van der Waals surface area (Å²) in [7, 11) is -3.56. The molecule has 26 heavy (non-hydrogen) atoms. The van der Waals surface area contributed by atoms with Crippen molar-refractivity contribution in [1.82, 2.24) is 19.0 Å². The molecule has 2 heterocycles. The fraction of sp³-hybridized carbons (Fsp3) is 0.444. The highest BCUT2D eigenvalue weighted by Gasteiger charge is 2.32. The minimum Gasteiger partial charge on any atom is -0.338 e. The van der Waals surface area contributed by atoms with E-state index in [1.54, 1.807) is 28.0 Å². The van der Waals surface area contributed by atoms with Gasteiger partial charge in [-0.3, -0.25) is 9.48 Å². The average Bonchev–Trinajstić information content (AvgIpc) is 3.06. The van der Waals surface area contributed by atoms with Crippen molar-refractivity contribution in [1.29, 1.82) is 0 Å². The summed E-state index contributed by atoms with van der Waals surface area (Å²) in [6, 6.07) is 5.55. The molecule has 7 nitrogen and oxygen atoms in total. The zero-order chi connectivity index (χ0) is 18.9. The molecule has 1 aliphatic heterocycles. The molecule has 0 unspecified atom stereocenters. The zero-order valence-corrected chi connectivity index (χ0v) is 16.2. The monoisotopic (exact) mass is 376 g/mol. The van der Waals surface area contributed by atoms with Gasteiger partial charge in [0.1, 0.15) is 6.54 Å². The van der Waals surface area contributed by atoms with Crippen LogP contribution in [0.3, 0.4) is 0 Å². The van der Waals surface area contributed by atoms with Gasteiger partial charge in [-0.25, -0.2) is 8.42 Å². The predicted molar refractivity (Wildman–Crippen MR) is 98.2 cm³/mol. The van der Waals surface area contributed by atoms with Gasteiger partial charge in [0.15, 0.2) is 0 Å². The van der Waals surface area contributed by atoms with E-state index in [1.807, 2.05) is 32.9 Å². The molecule has 1 aromatic carbocycles. The van der Waals surface area contributed by atoms with Crippen molar-refractivity contribution in [2.45, 2.75) is 32.2 Å². The Hall–Kier alpha value is -2.19. The summed E-state index contributed by atoms with van der Waals surface area (Å²) in [4.78, 5) is 14.4. The number of nitrogens with zero attached hydrogens (tertiary/aromatic N) is 4. The minimum absolute atomic E-state index is 0.0477. The number of benzene rings is 1. The van der Waals surface area contributed by atoms with Gasteiger partial charge in [0.05, 0.1) is 4.90 Å². The number of aryl methyl sites for hydroxylation is 3. The van der Waals surface area contributed by atoms with Gasteiger partial charge in [-0.2, -0.15) is 9.40 Å². The molecule has 0 aliphatic carbocycles. The summed E-state index contributed by atoms with van der Waals surface area (Å²) in [6.07, 6.45) is 3.37. The van der Waals surface area contributed by atoms with Gasteiger partial charge in [-0.1, -0.05) is 17.7 Å². The van der Waals surface area contributed by atoms with Crippen LogP contribution < -0.4 is 0 Å². The van der Waals surface area contributed by atoms with E-state index in [-0.39, 0.29) is 12.5 Å². The van der Waals surface area contributed by atoms with Crippen LogP contribution in [0.25, 0.3) is 0 Å². The highest BCUT2D eigenvalue weighted by molar-refractivity contribution is 7.89. The normalized spacial score (nSPS) is 16.0. The Morgan fingerprint density at radius 1 is 1.08 bits per heavy atom. The number of sulfonamides is 1. The Morgan fingerprint density at radius 3 is 2.23 bits per heavy atom. The summed E-state index contributed by atoms with van der Waals surface area (Å²) in [6.45, 7) is 7.19. The van der Waals surface area contributed by atoms with Crippen molar-refractivity contribution in [3.63, 3.8) is 0 Å². The molecular weight excluding hydrogens is 352 g/mol. The highest BCUT2D eigenvalue weighted by Crippen LogP contribution is 2.26. The highest BCUT2D eigenvalue weighted by atomic mass is 32.2. The fourth-order valence-corrected chi connectivity index (χ4v) is 5.35. The van der Waals surface area contributed by atoms with E-state index in [9.17, 15) is 13.2 Å². The van der Waals surface area contributed by atoms with Crippen molar-refractivity contribution in [2.75, 3.05) is 26.2 Å². The van der Waals surface area contributed by atoms with Crippen LogP contribution in [-0.2, 0) is 21.4 Å². The molecule has 0 atom stereocenters. The van der Waals surface area contributed by atoms with E-state index < -0.39 is 10.0 Å². The lowest BCUT2D eigenvalue weighted by molar-refractivity contribution is -0.133. The predicted octanol–water partition coefficient (Wildman–Crippen LogP) is 1.34. The third-order valence-corrected chi connectivity index (χ3v) is 6.86. The molecule has 3 rings (SSSR count). The number of amides is 1. The number of hydrogen-bond acceptors (Lipinski definition) is 4. The van der Waals surface area contributed by atoms with Gasteiger partial charge in [0.2, 0.25) is 15.9 Å². The molecular formula is C18H24N4O3S. The SMILES string of the molecule is Cc1cc(C)c(S(=O)(=O)N2CCN(C(=O)Cn3cccn3)CC2)c(C)c1. The van der Waals surface area contributed by atoms with E-state index in [2.05, 4.69) is 5.10 Å². The summed E-state index contributed by atoms with van der Waals surface area (Å²) in [5, 5.41) is 4.03. The third-order valence-electron chi connectivity index (χ3n) is 4.65. The van der Waals surface area contributed by atoms with Crippen molar-refractivity contribution >= 4 is 15.9 Å². The van der Waals surface area contributed by atoms with E-state index in [0.717, 1.165) is 16.7 Å². The Morgan fingerprint density at radius 2 is 1.69 bits per heavy atom. The van der Waals surface area contributed by atoms with Crippen molar-refractivity contribution in [2.24, 2.45) is 0 Å². The largest absolute Gasteiger partial charge is 0.338 e. The minimum atomic E-state index is -3.56. The number of carbonyl (C=O) groups is 1. The second kappa shape index (κ2) is 7.20. The lowest BCUT2D eigenvalue weighted by Crippen LogP contribution is -2.51. The third kappa shape index (κ3) is 3.66. The average molecular weight is 376 g/mol. The molecule has 0 N–H and O–H groups in total. The number of hydrogen-bond donors (Lipinski definition) is 0. The molecule has 0 saturated carbocycles. The van der Waals surface area contributed by atoms with Gasteiger partial charge in [-0.05, 0) is 38.0 Å². The topological polar surface area (TPSA) is 75.5 Å². The van der Waals surface area contributed by atoms with Gasteiger partial charge in [0, 0.05) is 38.6 Å². The van der Waals surface area contributed by atoms with Crippen LogP contribution in [-0.4, -0.2) is 59.5 Å². The first kappa shape index (κ1) is 18.6. The summed E-state index contributed by atoms with van der Waals surface area (Å²) >= 11 is 0. The van der Waals surface area contributed by atoms with E-state index in [4.69, 9.17) is 0 Å². The lowest BCUT2D eigenvalue weighted by Gasteiger charge is -2.34. The van der Waals surface area contributed by atoms with Crippen molar-refractivity contribution < 1.29 is 13.2 Å². The van der Waals surface area contributed by atoms with Crippen LogP contribution in [0.15, 0.2) is 35.5 Å². The van der Waals surface area contributed by atoms with Crippen LogP contribution >= 0.6 is 0 Å². The Labute approximate surface area is 154 Å². The number of piperazine rings is 1. The molecule has 2 aromatic rings. The van der Waals surface area contributed by atoms with Gasteiger partial charge in [-0.15, -0.1) is 0 Å². The first-order chi connectivity index (χ1) is 12.3. The Balaban J connectivity index is 1.70. The van der Waals surface area contributed by atoms with Crippen molar-refractivity contribution in [3.8, 4) is 0 Å². The molecule has 1 saturated heterocycles. The Kier molecular flexibility index (Phi) is 5.15. The quantitative estimate of drug-likeness (QED) is 0.807. The molecule has 1 aliphatic rings. The second-order valence-electron chi connectivity index (χ2n) is 6.72. The molecule has 0 spiro atoms. The van der Waals surface area contributed by atoms with Crippen LogP contribution in [0.5, 0.6) is 0 Å². The summed E-state index contributed by atoms with van der Waals surface area (Å²) in [5.41, 5.74) is 2.58. The molecule has 1 aromatic heterocycles. The molecule has 140 valence electrons. The maximum absolute atomic E-state index is 13.1. The number of rotatable bonds is 4. The first-order valence-corrected chi connectivity index (χ1v) is 10.1. The van der Waals surface area contributed by atoms with Crippen LogP contribution in [0.2, 0.25) is 0 Å². The summed E-state index contributed by atoms with van der Waals surface area (Å²) < 4.78 is 29.2. The fourth-order valence-electron chi connectivity index (χ4n) is 3.51. The van der Waals surface area contributed by atoms with Crippen molar-refractivity contribution in [3.05, 3.63) is 47.3 Å². The smallest absolute Gasteiger partial charge is 0.244 e. The second-order valence-corrected chi connectivity index (χ2v) is 8.59. The molecule has 1 amide bonds. The summed E-state index contributed by atoms with van der Waals surface area (Å²) in [5.74, 6) is -0.0477. The molecule has 0 bridgehead atoms. The van der Waals surface area contributed by atoms with Crippen LogP contribution in [0.4, 0.5) is 0 Å². The Bertz CT molecular complexity index is 876. The van der Waals surface area contributed by atoms with E-state index in [0.29, 0.717) is 31.1 Å². The van der Waals surface area contributed by atoms with Gasteiger partial charge < -0.3 is 4.90 Å². The van der Waals surface area contributed by atoms with E-state index in [1.165, 1.54) is 4.31 Å². The van der Waals surface area contributed by atoms with Gasteiger partial charge in [0.25, 0.3) is 0 Å². The van der Waals surface area contributed by atoms with Gasteiger partial charge >= 0.3 is 0 Å². The first-order valence-electron chi connectivity index (χ1n) is 8.62. The lowest BCUT2D eigenvalue weighted by atomic mass is 10.1. The zero-order valence-electron chi connectivity index (χ0n) is 15.3. The number of aromatic nitrogens is 2.